The van der Waals surface area contributed by atoms with Crippen LogP contribution < -0.4 is 14.8 Å². The molecule has 0 saturated heterocycles. The second kappa shape index (κ2) is 4.22. The van der Waals surface area contributed by atoms with E-state index < -0.39 is 0 Å². The van der Waals surface area contributed by atoms with Gasteiger partial charge in [0.2, 0.25) is 18.6 Å². The van der Waals surface area contributed by atoms with Crippen LogP contribution in [-0.2, 0) is 16.0 Å². The van der Waals surface area contributed by atoms with Crippen molar-refractivity contribution >= 4 is 11.8 Å². The first-order valence-corrected chi connectivity index (χ1v) is 4.84. The molecule has 1 aliphatic rings. The average Bonchev–Trinajstić information content (AvgIpc) is 2.63. The summed E-state index contributed by atoms with van der Waals surface area (Å²) in [5.74, 6) is 0.626. The van der Waals surface area contributed by atoms with Crippen molar-refractivity contribution in [3.8, 4) is 11.5 Å². The van der Waals surface area contributed by atoms with E-state index in [1.807, 2.05) is 0 Å². The number of imide groups is 1. The Morgan fingerprint density at radius 2 is 2.06 bits per heavy atom. The van der Waals surface area contributed by atoms with Gasteiger partial charge in [0.25, 0.3) is 0 Å². The van der Waals surface area contributed by atoms with Gasteiger partial charge in [-0.05, 0) is 17.7 Å². The predicted molar refractivity (Wildman–Crippen MR) is 55.1 cm³/mol. The fourth-order valence-corrected chi connectivity index (χ4v) is 1.48. The molecule has 1 aromatic rings. The van der Waals surface area contributed by atoms with Crippen molar-refractivity contribution in [3.05, 3.63) is 23.8 Å². The number of benzene rings is 1. The highest BCUT2D eigenvalue weighted by Gasteiger charge is 2.14. The van der Waals surface area contributed by atoms with Crippen molar-refractivity contribution < 1.29 is 19.1 Å². The average molecular weight is 221 g/mol. The fraction of sp³-hybridized carbons (Fsp3) is 0.273. The number of carbonyl (C=O) groups excluding carboxylic acids is 2. The van der Waals surface area contributed by atoms with E-state index in [0.717, 1.165) is 5.56 Å². The van der Waals surface area contributed by atoms with Gasteiger partial charge in [-0.15, -0.1) is 0 Å². The lowest BCUT2D eigenvalue weighted by atomic mass is 10.1. The Morgan fingerprint density at radius 1 is 1.31 bits per heavy atom. The molecule has 84 valence electrons. The van der Waals surface area contributed by atoms with E-state index in [-0.39, 0.29) is 25.0 Å². The zero-order valence-corrected chi connectivity index (χ0v) is 8.78. The molecule has 5 nitrogen and oxygen atoms in total. The standard InChI is InChI=1S/C11H11NO4/c1-7(13)12-11(14)5-8-2-3-9-10(4-8)16-6-15-9/h2-4H,5-6H2,1H3,(H,12,13,14). The number of hydrogen-bond donors (Lipinski definition) is 1. The molecule has 0 bridgehead atoms. The number of nitrogens with one attached hydrogen (secondary N) is 1. The number of rotatable bonds is 2. The molecule has 16 heavy (non-hydrogen) atoms. The summed E-state index contributed by atoms with van der Waals surface area (Å²) in [5.41, 5.74) is 0.781. The van der Waals surface area contributed by atoms with Crippen molar-refractivity contribution in [2.24, 2.45) is 0 Å². The Balaban J connectivity index is 2.05. The highest BCUT2D eigenvalue weighted by Crippen LogP contribution is 2.32. The van der Waals surface area contributed by atoms with Gasteiger partial charge in [0.05, 0.1) is 6.42 Å². The van der Waals surface area contributed by atoms with Crippen LogP contribution in [0.4, 0.5) is 0 Å². The topological polar surface area (TPSA) is 64.6 Å². The lowest BCUT2D eigenvalue weighted by Crippen LogP contribution is -2.29. The van der Waals surface area contributed by atoms with E-state index in [9.17, 15) is 9.59 Å². The fourth-order valence-electron chi connectivity index (χ4n) is 1.48. The summed E-state index contributed by atoms with van der Waals surface area (Å²) < 4.78 is 10.3. The van der Waals surface area contributed by atoms with Gasteiger partial charge in [0.1, 0.15) is 0 Å². The van der Waals surface area contributed by atoms with Crippen LogP contribution in [0, 0.1) is 0 Å². The molecule has 1 aromatic carbocycles. The molecule has 0 radical (unpaired) electrons. The Morgan fingerprint density at radius 3 is 2.81 bits per heavy atom. The van der Waals surface area contributed by atoms with Gasteiger partial charge in [-0.25, -0.2) is 0 Å². The van der Waals surface area contributed by atoms with Crippen LogP contribution in [0.5, 0.6) is 11.5 Å². The summed E-state index contributed by atoms with van der Waals surface area (Å²) in [4.78, 5) is 22.0. The first-order valence-electron chi connectivity index (χ1n) is 4.84. The van der Waals surface area contributed by atoms with E-state index in [1.54, 1.807) is 18.2 Å². The molecule has 0 atom stereocenters. The molecule has 0 aromatic heterocycles. The highest BCUT2D eigenvalue weighted by atomic mass is 16.7. The number of hydrogen-bond acceptors (Lipinski definition) is 4. The zero-order valence-electron chi connectivity index (χ0n) is 8.78. The summed E-state index contributed by atoms with van der Waals surface area (Å²) in [6, 6.07) is 5.26. The molecule has 1 heterocycles. The molecule has 2 rings (SSSR count). The second-order valence-electron chi connectivity index (χ2n) is 3.47. The highest BCUT2D eigenvalue weighted by molar-refractivity contribution is 5.94. The Hall–Kier alpha value is -2.04. The Kier molecular flexibility index (Phi) is 2.76. The predicted octanol–water partition coefficient (Wildman–Crippen LogP) is 0.620. The minimum absolute atomic E-state index is 0.149. The van der Waals surface area contributed by atoms with Crippen LogP contribution in [0.15, 0.2) is 18.2 Å². The van der Waals surface area contributed by atoms with Crippen molar-refractivity contribution in [2.75, 3.05) is 6.79 Å². The molecule has 0 fully saturated rings. The second-order valence-corrected chi connectivity index (χ2v) is 3.47. The Bertz CT molecular complexity index is 442. The van der Waals surface area contributed by atoms with Crippen molar-refractivity contribution in [1.29, 1.82) is 0 Å². The maximum Gasteiger partial charge on any atom is 0.231 e. The molecule has 0 unspecified atom stereocenters. The summed E-state index contributed by atoms with van der Waals surface area (Å²) in [7, 11) is 0. The SMILES string of the molecule is CC(=O)NC(=O)Cc1ccc2c(c1)OCO2. The largest absolute Gasteiger partial charge is 0.454 e. The van der Waals surface area contributed by atoms with E-state index in [0.29, 0.717) is 11.5 Å². The summed E-state index contributed by atoms with van der Waals surface area (Å²) in [5, 5.41) is 2.21. The monoisotopic (exact) mass is 221 g/mol. The summed E-state index contributed by atoms with van der Waals surface area (Å²) in [6.07, 6.45) is 0.149. The van der Waals surface area contributed by atoms with Gasteiger partial charge in [0.15, 0.2) is 11.5 Å². The molecular weight excluding hydrogens is 210 g/mol. The van der Waals surface area contributed by atoms with E-state index in [2.05, 4.69) is 5.32 Å². The third-order valence-corrected chi connectivity index (χ3v) is 2.12. The third-order valence-electron chi connectivity index (χ3n) is 2.12. The van der Waals surface area contributed by atoms with Crippen molar-refractivity contribution in [2.45, 2.75) is 13.3 Å². The molecule has 0 spiro atoms. The lowest BCUT2D eigenvalue weighted by molar-refractivity contribution is -0.128. The van der Waals surface area contributed by atoms with Gasteiger partial charge >= 0.3 is 0 Å². The molecule has 0 aliphatic carbocycles. The maximum atomic E-state index is 11.3. The maximum absolute atomic E-state index is 11.3. The smallest absolute Gasteiger partial charge is 0.231 e. The van der Waals surface area contributed by atoms with Crippen LogP contribution in [0.3, 0.4) is 0 Å². The minimum Gasteiger partial charge on any atom is -0.454 e. The van der Waals surface area contributed by atoms with Crippen LogP contribution in [0.25, 0.3) is 0 Å². The van der Waals surface area contributed by atoms with Gasteiger partial charge in [-0.2, -0.15) is 0 Å². The first kappa shape index (κ1) is 10.5. The van der Waals surface area contributed by atoms with Gasteiger partial charge in [-0.3, -0.25) is 14.9 Å². The minimum atomic E-state index is -0.356. The number of ether oxygens (including phenoxy) is 2. The molecule has 5 heteroatoms. The number of amides is 2. The zero-order chi connectivity index (χ0) is 11.5. The molecule has 1 aliphatic heterocycles. The number of carbonyl (C=O) groups is 2. The molecule has 1 N–H and O–H groups in total. The summed E-state index contributed by atoms with van der Waals surface area (Å²) in [6.45, 7) is 1.51. The van der Waals surface area contributed by atoms with Crippen LogP contribution in [0.2, 0.25) is 0 Å². The molecule has 0 saturated carbocycles. The van der Waals surface area contributed by atoms with E-state index in [4.69, 9.17) is 9.47 Å². The van der Waals surface area contributed by atoms with Gasteiger partial charge in [0, 0.05) is 6.92 Å². The normalized spacial score (nSPS) is 12.3. The van der Waals surface area contributed by atoms with Gasteiger partial charge in [-0.1, -0.05) is 6.07 Å². The van der Waals surface area contributed by atoms with E-state index in [1.165, 1.54) is 6.92 Å². The lowest BCUT2D eigenvalue weighted by Gasteiger charge is -2.02. The Labute approximate surface area is 92.4 Å². The molecule has 2 amide bonds. The quantitative estimate of drug-likeness (QED) is 0.795. The van der Waals surface area contributed by atoms with Crippen LogP contribution >= 0.6 is 0 Å². The molecular formula is C11H11NO4. The summed E-state index contributed by atoms with van der Waals surface area (Å²) >= 11 is 0. The van der Waals surface area contributed by atoms with Crippen molar-refractivity contribution in [1.82, 2.24) is 5.32 Å². The van der Waals surface area contributed by atoms with Crippen molar-refractivity contribution in [3.63, 3.8) is 0 Å². The third kappa shape index (κ3) is 2.31. The number of fused-ring (bicyclic) bond motifs is 1. The first-order chi connectivity index (χ1) is 7.65. The van der Waals surface area contributed by atoms with Gasteiger partial charge < -0.3 is 9.47 Å². The van der Waals surface area contributed by atoms with Crippen LogP contribution in [-0.4, -0.2) is 18.6 Å². The van der Waals surface area contributed by atoms with E-state index >= 15 is 0 Å². The van der Waals surface area contributed by atoms with Crippen LogP contribution in [0.1, 0.15) is 12.5 Å².